The summed E-state index contributed by atoms with van der Waals surface area (Å²) < 4.78 is 5.07. The van der Waals surface area contributed by atoms with Gasteiger partial charge >= 0.3 is 11.8 Å². The van der Waals surface area contributed by atoms with Gasteiger partial charge in [0.1, 0.15) is 5.75 Å². The fraction of sp³-hybridized carbons (Fsp3) is 0.357. The van der Waals surface area contributed by atoms with E-state index in [2.05, 4.69) is 21.5 Å². The molecule has 0 radical (unpaired) electrons. The molecule has 0 aromatic heterocycles. The van der Waals surface area contributed by atoms with Gasteiger partial charge in [-0.1, -0.05) is 12.1 Å². The van der Waals surface area contributed by atoms with Gasteiger partial charge in [-0.05, 0) is 42.8 Å². The number of carbonyl (C=O) groups excluding carboxylic acids is 2. The molecule has 118 valence electrons. The topological polar surface area (TPSA) is 91.5 Å². The van der Waals surface area contributed by atoms with Crippen LogP contribution in [0.25, 0.3) is 0 Å². The van der Waals surface area contributed by atoms with Crippen molar-refractivity contribution in [3.05, 3.63) is 29.8 Å². The molecule has 0 heterocycles. The Morgan fingerprint density at radius 2 is 1.86 bits per heavy atom. The van der Waals surface area contributed by atoms with Crippen LogP contribution in [0.5, 0.6) is 5.75 Å². The summed E-state index contributed by atoms with van der Waals surface area (Å²) in [5.41, 5.74) is 5.73. The van der Waals surface area contributed by atoms with Crippen LogP contribution in [0.2, 0.25) is 0 Å². The van der Waals surface area contributed by atoms with Crippen molar-refractivity contribution in [3.8, 4) is 5.75 Å². The van der Waals surface area contributed by atoms with Gasteiger partial charge in [-0.15, -0.1) is 0 Å². The summed E-state index contributed by atoms with van der Waals surface area (Å²) in [5, 5.41) is 5.72. The molecule has 2 amide bonds. The average molecular weight is 322 g/mol. The summed E-state index contributed by atoms with van der Waals surface area (Å²) in [6, 6.07) is 7.62. The van der Waals surface area contributed by atoms with E-state index in [-0.39, 0.29) is 11.2 Å². The highest BCUT2D eigenvalue weighted by atomic mass is 32.1. The lowest BCUT2D eigenvalue weighted by Gasteiger charge is -2.11. The quantitative estimate of drug-likeness (QED) is 0.353. The second-order valence-electron chi connectivity index (χ2n) is 4.86. The highest BCUT2D eigenvalue weighted by molar-refractivity contribution is 7.80. The minimum Gasteiger partial charge on any atom is -0.497 e. The molecule has 0 bridgehead atoms. The van der Waals surface area contributed by atoms with Gasteiger partial charge in [0.2, 0.25) is 0 Å². The first kappa shape index (κ1) is 16.0. The number of rotatable bonds is 4. The SMILES string of the molecule is COc1ccc(CNC(=S)NNC(=O)C(=O)NC2CC2)cc1. The molecular weight excluding hydrogens is 304 g/mol. The molecule has 1 fully saturated rings. The molecule has 0 saturated heterocycles. The number of hydrazine groups is 1. The van der Waals surface area contributed by atoms with Crippen molar-refractivity contribution in [2.75, 3.05) is 7.11 Å². The van der Waals surface area contributed by atoms with Crippen molar-refractivity contribution < 1.29 is 14.3 Å². The summed E-state index contributed by atoms with van der Waals surface area (Å²) in [6.45, 7) is 0.486. The number of methoxy groups -OCH3 is 1. The van der Waals surface area contributed by atoms with Gasteiger partial charge in [-0.25, -0.2) is 0 Å². The fourth-order valence-electron chi connectivity index (χ4n) is 1.62. The Morgan fingerprint density at radius 1 is 1.18 bits per heavy atom. The molecule has 1 aromatic carbocycles. The minimum atomic E-state index is -0.763. The Bertz CT molecular complexity index is 558. The molecule has 1 aliphatic rings. The van der Waals surface area contributed by atoms with Crippen LogP contribution in [0, 0.1) is 0 Å². The third kappa shape index (κ3) is 5.21. The minimum absolute atomic E-state index is 0.137. The Kier molecular flexibility index (Phi) is 5.54. The van der Waals surface area contributed by atoms with Crippen molar-refractivity contribution in [3.63, 3.8) is 0 Å². The van der Waals surface area contributed by atoms with Crippen LogP contribution in [-0.4, -0.2) is 30.1 Å². The summed E-state index contributed by atoms with van der Waals surface area (Å²) in [4.78, 5) is 22.9. The summed E-state index contributed by atoms with van der Waals surface area (Å²) in [7, 11) is 1.61. The number of nitrogens with one attached hydrogen (secondary N) is 4. The van der Waals surface area contributed by atoms with Crippen molar-refractivity contribution in [1.82, 2.24) is 21.5 Å². The molecule has 8 heteroatoms. The normalized spacial score (nSPS) is 13.0. The van der Waals surface area contributed by atoms with Gasteiger partial charge in [-0.3, -0.25) is 20.4 Å². The summed E-state index contributed by atoms with van der Waals surface area (Å²) >= 11 is 5.01. The number of hydrogen-bond acceptors (Lipinski definition) is 4. The Hall–Kier alpha value is -2.35. The molecule has 0 unspecified atom stereocenters. The van der Waals surface area contributed by atoms with E-state index < -0.39 is 11.8 Å². The molecule has 0 spiro atoms. The third-order valence-corrected chi connectivity index (χ3v) is 3.27. The van der Waals surface area contributed by atoms with E-state index in [9.17, 15) is 9.59 Å². The molecule has 22 heavy (non-hydrogen) atoms. The van der Waals surface area contributed by atoms with Crippen molar-refractivity contribution in [2.24, 2.45) is 0 Å². The van der Waals surface area contributed by atoms with Crippen LogP contribution in [0.3, 0.4) is 0 Å². The largest absolute Gasteiger partial charge is 0.497 e. The number of ether oxygens (including phenoxy) is 1. The maximum atomic E-state index is 11.5. The van der Waals surface area contributed by atoms with Crippen LogP contribution in [0.15, 0.2) is 24.3 Å². The van der Waals surface area contributed by atoms with Crippen molar-refractivity contribution in [1.29, 1.82) is 0 Å². The highest BCUT2D eigenvalue weighted by Crippen LogP contribution is 2.18. The second kappa shape index (κ2) is 7.60. The molecule has 1 aliphatic carbocycles. The lowest BCUT2D eigenvalue weighted by Crippen LogP contribution is -2.51. The van der Waals surface area contributed by atoms with E-state index in [4.69, 9.17) is 17.0 Å². The van der Waals surface area contributed by atoms with Crippen molar-refractivity contribution in [2.45, 2.75) is 25.4 Å². The van der Waals surface area contributed by atoms with Gasteiger partial charge in [0, 0.05) is 12.6 Å². The number of thiocarbonyl (C=S) groups is 1. The average Bonchev–Trinajstić information content (AvgIpc) is 3.34. The van der Waals surface area contributed by atoms with Crippen LogP contribution in [0.4, 0.5) is 0 Å². The van der Waals surface area contributed by atoms with E-state index >= 15 is 0 Å². The van der Waals surface area contributed by atoms with Gasteiger partial charge in [0.25, 0.3) is 0 Å². The summed E-state index contributed by atoms with van der Waals surface area (Å²) in [5.74, 6) is -0.646. The van der Waals surface area contributed by atoms with Gasteiger partial charge in [0.05, 0.1) is 7.11 Å². The lowest BCUT2D eigenvalue weighted by atomic mass is 10.2. The zero-order valence-corrected chi connectivity index (χ0v) is 13.0. The summed E-state index contributed by atoms with van der Waals surface area (Å²) in [6.07, 6.45) is 1.85. The Balaban J connectivity index is 1.66. The molecule has 4 N–H and O–H groups in total. The molecule has 2 rings (SSSR count). The fourth-order valence-corrected chi connectivity index (χ4v) is 1.74. The Morgan fingerprint density at radius 3 is 2.45 bits per heavy atom. The molecule has 7 nitrogen and oxygen atoms in total. The Labute approximate surface area is 133 Å². The predicted octanol–water partition coefficient (Wildman–Crippen LogP) is -0.0309. The standard InChI is InChI=1S/C14H18N4O3S/c1-21-11-6-2-9(3-7-11)8-15-14(22)18-17-13(20)12(19)16-10-4-5-10/h2-3,6-7,10H,4-5,8H2,1H3,(H,16,19)(H,17,20)(H2,15,18,22). The molecule has 1 aromatic rings. The van der Waals surface area contributed by atoms with E-state index in [0.717, 1.165) is 24.2 Å². The van der Waals surface area contributed by atoms with Gasteiger partial charge in [0.15, 0.2) is 5.11 Å². The maximum Gasteiger partial charge on any atom is 0.327 e. The monoisotopic (exact) mass is 322 g/mol. The molecule has 0 atom stereocenters. The van der Waals surface area contributed by atoms with E-state index in [1.54, 1.807) is 7.11 Å². The first-order valence-corrected chi connectivity index (χ1v) is 7.27. The van der Waals surface area contributed by atoms with Gasteiger partial charge in [-0.2, -0.15) is 0 Å². The van der Waals surface area contributed by atoms with E-state index in [1.165, 1.54) is 0 Å². The second-order valence-corrected chi connectivity index (χ2v) is 5.27. The molecular formula is C14H18N4O3S. The zero-order valence-electron chi connectivity index (χ0n) is 12.1. The van der Waals surface area contributed by atoms with Crippen LogP contribution >= 0.6 is 12.2 Å². The van der Waals surface area contributed by atoms with E-state index in [0.29, 0.717) is 6.54 Å². The third-order valence-electron chi connectivity index (χ3n) is 3.02. The first-order chi connectivity index (χ1) is 10.6. The predicted molar refractivity (Wildman–Crippen MR) is 84.9 cm³/mol. The number of amides is 2. The molecule has 1 saturated carbocycles. The maximum absolute atomic E-state index is 11.5. The lowest BCUT2D eigenvalue weighted by molar-refractivity contribution is -0.139. The van der Waals surface area contributed by atoms with Crippen LogP contribution in [-0.2, 0) is 16.1 Å². The first-order valence-electron chi connectivity index (χ1n) is 6.86. The molecule has 0 aliphatic heterocycles. The number of carbonyl (C=O) groups is 2. The number of hydrogen-bond donors (Lipinski definition) is 4. The van der Waals surface area contributed by atoms with E-state index in [1.807, 2.05) is 24.3 Å². The smallest absolute Gasteiger partial charge is 0.327 e. The zero-order chi connectivity index (χ0) is 15.9. The number of benzene rings is 1. The van der Waals surface area contributed by atoms with Crippen LogP contribution in [0.1, 0.15) is 18.4 Å². The van der Waals surface area contributed by atoms with Gasteiger partial charge < -0.3 is 15.4 Å². The van der Waals surface area contributed by atoms with Crippen LogP contribution < -0.4 is 26.2 Å². The van der Waals surface area contributed by atoms with Crippen molar-refractivity contribution >= 4 is 29.1 Å². The highest BCUT2D eigenvalue weighted by Gasteiger charge is 2.26.